The molecule has 0 spiro atoms. The maximum Gasteiger partial charge on any atom is 0.264 e. The lowest BCUT2D eigenvalue weighted by molar-refractivity contribution is -0.114. The number of rotatable bonds is 12. The number of benzene rings is 2. The van der Waals surface area contributed by atoms with Crippen molar-refractivity contribution in [2.45, 2.75) is 34.4 Å². The maximum absolute atomic E-state index is 13.7. The third kappa shape index (κ3) is 6.65. The van der Waals surface area contributed by atoms with E-state index in [0.717, 1.165) is 25.7 Å². The van der Waals surface area contributed by atoms with E-state index in [-0.39, 0.29) is 10.6 Å². The number of amides is 1. The van der Waals surface area contributed by atoms with Gasteiger partial charge >= 0.3 is 0 Å². The molecule has 2 aromatic carbocycles. The summed E-state index contributed by atoms with van der Waals surface area (Å²) in [6.07, 6.45) is 2.91. The van der Waals surface area contributed by atoms with Gasteiger partial charge in [-0.15, -0.1) is 22.0 Å². The van der Waals surface area contributed by atoms with Crippen LogP contribution in [0.4, 0.5) is 10.8 Å². The van der Waals surface area contributed by atoms with Crippen molar-refractivity contribution < 1.29 is 17.9 Å². The van der Waals surface area contributed by atoms with E-state index >= 15 is 0 Å². The fourth-order valence-electron chi connectivity index (χ4n) is 2.91. The average Bonchev–Trinajstić information content (AvgIpc) is 3.29. The van der Waals surface area contributed by atoms with Crippen LogP contribution in [0.3, 0.4) is 0 Å². The number of nitrogens with zero attached hydrogens (tertiary/aromatic N) is 3. The Balaban J connectivity index is 1.92. The zero-order valence-electron chi connectivity index (χ0n) is 19.1. The lowest BCUT2D eigenvalue weighted by Crippen LogP contribution is -2.38. The molecule has 1 aromatic heterocycles. The van der Waals surface area contributed by atoms with Gasteiger partial charge in [-0.2, -0.15) is 0 Å². The second-order valence-electron chi connectivity index (χ2n) is 6.86. The largest absolute Gasteiger partial charge is 0.492 e. The van der Waals surface area contributed by atoms with Crippen molar-refractivity contribution >= 4 is 61.6 Å². The van der Waals surface area contributed by atoms with Gasteiger partial charge in [0.2, 0.25) is 11.0 Å². The number of hydrogen-bond donors (Lipinski definition) is 1. The van der Waals surface area contributed by atoms with E-state index < -0.39 is 22.5 Å². The number of anilines is 2. The molecule has 3 rings (SSSR count). The van der Waals surface area contributed by atoms with Gasteiger partial charge in [-0.3, -0.25) is 14.4 Å². The normalized spacial score (nSPS) is 11.3. The van der Waals surface area contributed by atoms with Crippen LogP contribution in [0.25, 0.3) is 0 Å². The Morgan fingerprint density at radius 2 is 1.85 bits per heavy atom. The number of carbonyl (C=O) groups is 1. The summed E-state index contributed by atoms with van der Waals surface area (Å²) in [5.41, 5.74) is 0.282. The number of ether oxygens (including phenoxy) is 1. The van der Waals surface area contributed by atoms with Crippen LogP contribution in [0.5, 0.6) is 5.75 Å². The molecule has 1 heterocycles. The molecule has 0 saturated carbocycles. The van der Waals surface area contributed by atoms with E-state index in [1.807, 2.05) is 13.2 Å². The quantitative estimate of drug-likeness (QED) is 0.254. The van der Waals surface area contributed by atoms with Crippen LogP contribution in [0.15, 0.2) is 62.7 Å². The molecule has 3 aromatic rings. The van der Waals surface area contributed by atoms with Gasteiger partial charge in [-0.1, -0.05) is 42.2 Å². The highest BCUT2D eigenvalue weighted by Crippen LogP contribution is 2.33. The maximum atomic E-state index is 13.7. The van der Waals surface area contributed by atoms with Crippen molar-refractivity contribution in [1.29, 1.82) is 0 Å². The first-order valence-corrected chi connectivity index (χ1v) is 15.0. The second kappa shape index (κ2) is 12.4. The van der Waals surface area contributed by atoms with E-state index in [2.05, 4.69) is 22.4 Å². The minimum Gasteiger partial charge on any atom is -0.492 e. The third-order valence-corrected chi connectivity index (χ3v) is 9.15. The number of carbonyl (C=O) groups excluding carboxylic acids is 1. The van der Waals surface area contributed by atoms with Gasteiger partial charge in [0.1, 0.15) is 12.3 Å². The molecule has 0 bridgehead atoms. The van der Waals surface area contributed by atoms with Crippen molar-refractivity contribution in [2.75, 3.05) is 34.8 Å². The molecule has 34 heavy (non-hydrogen) atoms. The van der Waals surface area contributed by atoms with Gasteiger partial charge in [0.05, 0.1) is 17.2 Å². The summed E-state index contributed by atoms with van der Waals surface area (Å²) in [6.45, 7) is 3.78. The number of para-hydroxylation sites is 2. The highest BCUT2D eigenvalue weighted by Gasteiger charge is 2.29. The van der Waals surface area contributed by atoms with Crippen LogP contribution in [0.1, 0.15) is 20.3 Å². The molecule has 0 aliphatic heterocycles. The Hall–Kier alpha value is -2.28. The van der Waals surface area contributed by atoms with Crippen LogP contribution in [0.2, 0.25) is 0 Å². The predicted octanol–water partition coefficient (Wildman–Crippen LogP) is 4.99. The molecule has 0 unspecified atom stereocenters. The Labute approximate surface area is 212 Å². The molecule has 0 fully saturated rings. The predicted molar refractivity (Wildman–Crippen MR) is 140 cm³/mol. The molecule has 0 aliphatic rings. The summed E-state index contributed by atoms with van der Waals surface area (Å²) in [6, 6.07) is 13.3. The Morgan fingerprint density at radius 3 is 2.53 bits per heavy atom. The zero-order valence-corrected chi connectivity index (χ0v) is 22.3. The zero-order chi connectivity index (χ0) is 24.6. The highest BCUT2D eigenvalue weighted by atomic mass is 32.2. The van der Waals surface area contributed by atoms with Crippen LogP contribution in [0, 0.1) is 0 Å². The number of nitrogens with one attached hydrogen (secondary N) is 1. The molecule has 8 nitrogen and oxygen atoms in total. The molecular formula is C22H26N4O4S4. The number of aromatic nitrogens is 2. The summed E-state index contributed by atoms with van der Waals surface area (Å²) < 4.78 is 34.8. The van der Waals surface area contributed by atoms with Gasteiger partial charge in [0, 0.05) is 10.6 Å². The summed E-state index contributed by atoms with van der Waals surface area (Å²) in [5, 5.41) is 11.1. The van der Waals surface area contributed by atoms with Crippen LogP contribution < -0.4 is 14.4 Å². The minimum atomic E-state index is -4.07. The highest BCUT2D eigenvalue weighted by molar-refractivity contribution is 8.01. The molecule has 1 amide bonds. The van der Waals surface area contributed by atoms with Gasteiger partial charge in [0.25, 0.3) is 10.0 Å². The molecule has 0 saturated heterocycles. The van der Waals surface area contributed by atoms with E-state index in [9.17, 15) is 13.2 Å². The van der Waals surface area contributed by atoms with E-state index in [1.54, 1.807) is 48.2 Å². The van der Waals surface area contributed by atoms with E-state index in [4.69, 9.17) is 4.74 Å². The molecule has 12 heteroatoms. The number of sulfonamides is 1. The lowest BCUT2D eigenvalue weighted by atomic mass is 10.3. The molecule has 0 radical (unpaired) electrons. The molecular weight excluding hydrogens is 513 g/mol. The number of hydrogen-bond acceptors (Lipinski definition) is 9. The molecule has 1 N–H and O–H groups in total. The van der Waals surface area contributed by atoms with Gasteiger partial charge < -0.3 is 4.74 Å². The molecule has 0 atom stereocenters. The van der Waals surface area contributed by atoms with Crippen molar-refractivity contribution in [3.8, 4) is 5.75 Å². The van der Waals surface area contributed by atoms with E-state index in [0.29, 0.717) is 17.5 Å². The lowest BCUT2D eigenvalue weighted by Gasteiger charge is -2.25. The van der Waals surface area contributed by atoms with Gasteiger partial charge in [-0.05, 0) is 56.0 Å². The molecule has 182 valence electrons. The van der Waals surface area contributed by atoms with Crippen LogP contribution >= 0.6 is 34.9 Å². The van der Waals surface area contributed by atoms with Crippen molar-refractivity contribution in [3.05, 3.63) is 48.5 Å². The summed E-state index contributed by atoms with van der Waals surface area (Å²) in [4.78, 5) is 14.0. The SMILES string of the molecule is CCCSc1nnc(NC(=O)CN(c2ccccc2OCC)S(=O)(=O)c2ccc(SC)cc2)s1. The Bertz CT molecular complexity index is 1200. The first kappa shape index (κ1) is 26.3. The van der Waals surface area contributed by atoms with Crippen molar-refractivity contribution in [2.24, 2.45) is 0 Å². The Morgan fingerprint density at radius 1 is 1.12 bits per heavy atom. The fourth-order valence-corrected chi connectivity index (χ4v) is 6.45. The van der Waals surface area contributed by atoms with Gasteiger partial charge in [0.15, 0.2) is 4.34 Å². The standard InChI is InChI=1S/C22H26N4O4S4/c1-4-14-32-22-25-24-21(33-22)23-20(27)15-26(18-8-6-7-9-19(18)30-5-2)34(28,29)17-12-10-16(31-3)11-13-17/h6-13H,4-5,14-15H2,1-3H3,(H,23,24,27). The average molecular weight is 539 g/mol. The van der Waals surface area contributed by atoms with Crippen molar-refractivity contribution in [3.63, 3.8) is 0 Å². The third-order valence-electron chi connectivity index (χ3n) is 4.45. The van der Waals surface area contributed by atoms with Crippen molar-refractivity contribution in [1.82, 2.24) is 10.2 Å². The second-order valence-corrected chi connectivity index (χ2v) is 11.9. The topological polar surface area (TPSA) is 101 Å². The Kier molecular flexibility index (Phi) is 9.63. The summed E-state index contributed by atoms with van der Waals surface area (Å²) in [5.74, 6) is 0.744. The van der Waals surface area contributed by atoms with Gasteiger partial charge in [-0.25, -0.2) is 8.42 Å². The first-order chi connectivity index (χ1) is 16.4. The number of thioether (sulfide) groups is 2. The fraction of sp³-hybridized carbons (Fsp3) is 0.318. The van der Waals surface area contributed by atoms with Crippen LogP contribution in [-0.2, 0) is 14.8 Å². The summed E-state index contributed by atoms with van der Waals surface area (Å²) >= 11 is 4.33. The van der Waals surface area contributed by atoms with E-state index in [1.165, 1.54) is 35.2 Å². The summed E-state index contributed by atoms with van der Waals surface area (Å²) in [7, 11) is -4.07. The molecule has 0 aliphatic carbocycles. The smallest absolute Gasteiger partial charge is 0.264 e. The first-order valence-electron chi connectivity index (χ1n) is 10.5. The van der Waals surface area contributed by atoms with Crippen LogP contribution in [-0.4, -0.2) is 49.7 Å². The minimum absolute atomic E-state index is 0.0820. The monoisotopic (exact) mass is 538 g/mol.